The second-order valence-corrected chi connectivity index (χ2v) is 3.26. The fourth-order valence-corrected chi connectivity index (χ4v) is 0.791. The van der Waals surface area contributed by atoms with E-state index in [2.05, 4.69) is 0 Å². The molecule has 5 heteroatoms. The topological polar surface area (TPSA) is 77.8 Å². The molecule has 76 valence electrons. The van der Waals surface area contributed by atoms with Gasteiger partial charge >= 0.3 is 5.97 Å². The molecule has 0 atom stereocenters. The predicted molar refractivity (Wildman–Crippen MR) is 45.2 cm³/mol. The first kappa shape index (κ1) is 11.9. The summed E-state index contributed by atoms with van der Waals surface area (Å²) >= 11 is 0. The number of carbonyl (C=O) groups excluding carboxylic acids is 1. The maximum absolute atomic E-state index is 11.0. The van der Waals surface area contributed by atoms with Gasteiger partial charge in [0.25, 0.3) is 0 Å². The highest BCUT2D eigenvalue weighted by Gasteiger charge is 2.13. The summed E-state index contributed by atoms with van der Waals surface area (Å²) in [5, 5.41) is 17.9. The quantitative estimate of drug-likeness (QED) is 0.493. The highest BCUT2D eigenvalue weighted by atomic mass is 16.5. The first-order valence-corrected chi connectivity index (χ1v) is 4.14. The van der Waals surface area contributed by atoms with Crippen LogP contribution in [0.5, 0.6) is 0 Å². The summed E-state index contributed by atoms with van der Waals surface area (Å²) in [4.78, 5) is 21.1. The zero-order chi connectivity index (χ0) is 10.4. The smallest absolute Gasteiger partial charge is 0.303 e. The number of hydroxylamine groups is 2. The molecule has 0 aromatic heterocycles. The lowest BCUT2D eigenvalue weighted by molar-refractivity contribution is -0.168. The van der Waals surface area contributed by atoms with E-state index in [4.69, 9.17) is 10.3 Å². The van der Waals surface area contributed by atoms with Crippen LogP contribution in [0.15, 0.2) is 0 Å². The van der Waals surface area contributed by atoms with Gasteiger partial charge in [-0.1, -0.05) is 13.8 Å². The summed E-state index contributed by atoms with van der Waals surface area (Å²) in [5.74, 6) is -1.42. The number of amides is 1. The summed E-state index contributed by atoms with van der Waals surface area (Å²) < 4.78 is 0. The van der Waals surface area contributed by atoms with Gasteiger partial charge in [-0.3, -0.25) is 14.8 Å². The first-order chi connectivity index (χ1) is 5.93. The van der Waals surface area contributed by atoms with Gasteiger partial charge in [-0.25, -0.2) is 5.06 Å². The summed E-state index contributed by atoms with van der Waals surface area (Å²) in [7, 11) is 0. The van der Waals surface area contributed by atoms with E-state index in [0.717, 1.165) is 0 Å². The highest BCUT2D eigenvalue weighted by Crippen LogP contribution is 2.00. The molecule has 0 radical (unpaired) electrons. The molecule has 0 unspecified atom stereocenters. The van der Waals surface area contributed by atoms with E-state index >= 15 is 0 Å². The van der Waals surface area contributed by atoms with E-state index < -0.39 is 11.9 Å². The fraction of sp³-hybridized carbons (Fsp3) is 0.750. The van der Waals surface area contributed by atoms with Crippen molar-refractivity contribution in [1.82, 2.24) is 5.06 Å². The molecule has 0 aliphatic heterocycles. The van der Waals surface area contributed by atoms with Crippen molar-refractivity contribution in [2.45, 2.75) is 26.7 Å². The molecule has 0 aromatic carbocycles. The lowest BCUT2D eigenvalue weighted by Crippen LogP contribution is -2.31. The van der Waals surface area contributed by atoms with Crippen molar-refractivity contribution in [2.75, 3.05) is 6.54 Å². The van der Waals surface area contributed by atoms with Crippen LogP contribution in [0.25, 0.3) is 0 Å². The summed E-state index contributed by atoms with van der Waals surface area (Å²) in [5.41, 5.74) is 0. The molecule has 0 aliphatic carbocycles. The second-order valence-electron chi connectivity index (χ2n) is 3.26. The van der Waals surface area contributed by atoms with Gasteiger partial charge in [-0.15, -0.1) is 0 Å². The molecule has 13 heavy (non-hydrogen) atoms. The van der Waals surface area contributed by atoms with E-state index in [0.29, 0.717) is 5.06 Å². The van der Waals surface area contributed by atoms with Crippen LogP contribution in [0.4, 0.5) is 0 Å². The van der Waals surface area contributed by atoms with E-state index in [1.807, 2.05) is 13.8 Å². The van der Waals surface area contributed by atoms with Crippen LogP contribution in [0.1, 0.15) is 26.7 Å². The summed E-state index contributed by atoms with van der Waals surface area (Å²) in [6.45, 7) is 3.94. The van der Waals surface area contributed by atoms with E-state index in [1.165, 1.54) is 0 Å². The molecule has 0 rings (SSSR count). The average Bonchev–Trinajstić information content (AvgIpc) is 1.98. The van der Waals surface area contributed by atoms with Crippen LogP contribution >= 0.6 is 0 Å². The Kier molecular flexibility index (Phi) is 5.06. The normalized spacial score (nSPS) is 10.2. The van der Waals surface area contributed by atoms with E-state index in [-0.39, 0.29) is 25.3 Å². The first-order valence-electron chi connectivity index (χ1n) is 4.14. The van der Waals surface area contributed by atoms with Gasteiger partial charge in [0, 0.05) is 6.42 Å². The monoisotopic (exact) mass is 189 g/mol. The third-order valence-corrected chi connectivity index (χ3v) is 1.38. The zero-order valence-corrected chi connectivity index (χ0v) is 7.86. The van der Waals surface area contributed by atoms with Crippen molar-refractivity contribution in [2.24, 2.45) is 5.92 Å². The molecule has 0 saturated heterocycles. The molecular formula is C8H15NO4. The minimum absolute atomic E-state index is 0.154. The summed E-state index contributed by atoms with van der Waals surface area (Å²) in [6, 6.07) is 0. The van der Waals surface area contributed by atoms with Crippen LogP contribution in [-0.4, -0.2) is 33.8 Å². The molecule has 5 nitrogen and oxygen atoms in total. The predicted octanol–water partition coefficient (Wildman–Crippen LogP) is 0.725. The molecule has 0 bridgehead atoms. The van der Waals surface area contributed by atoms with Gasteiger partial charge < -0.3 is 5.11 Å². The number of aliphatic carboxylic acids is 1. The van der Waals surface area contributed by atoms with Crippen molar-refractivity contribution in [3.05, 3.63) is 0 Å². The van der Waals surface area contributed by atoms with Gasteiger partial charge in [0.15, 0.2) is 0 Å². The SMILES string of the molecule is CC(C)CN(O)C(=O)CCC(=O)O. The lowest BCUT2D eigenvalue weighted by Gasteiger charge is -2.16. The van der Waals surface area contributed by atoms with Gasteiger partial charge in [-0.2, -0.15) is 0 Å². The third kappa shape index (κ3) is 6.10. The minimum Gasteiger partial charge on any atom is -0.481 e. The number of carbonyl (C=O) groups is 2. The van der Waals surface area contributed by atoms with Crippen molar-refractivity contribution in [3.8, 4) is 0 Å². The van der Waals surface area contributed by atoms with Crippen LogP contribution in [0.2, 0.25) is 0 Å². The molecule has 0 saturated carbocycles. The Morgan fingerprint density at radius 2 is 1.85 bits per heavy atom. The van der Waals surface area contributed by atoms with Crippen molar-refractivity contribution in [3.63, 3.8) is 0 Å². The Morgan fingerprint density at radius 1 is 1.31 bits per heavy atom. The molecule has 2 N–H and O–H groups in total. The second kappa shape index (κ2) is 5.53. The van der Waals surface area contributed by atoms with Gasteiger partial charge in [0.2, 0.25) is 5.91 Å². The maximum Gasteiger partial charge on any atom is 0.303 e. The molecule has 0 aromatic rings. The fourth-order valence-electron chi connectivity index (χ4n) is 0.791. The van der Waals surface area contributed by atoms with Gasteiger partial charge in [0.05, 0.1) is 13.0 Å². The van der Waals surface area contributed by atoms with E-state index in [1.54, 1.807) is 0 Å². The van der Waals surface area contributed by atoms with Crippen LogP contribution in [-0.2, 0) is 9.59 Å². The minimum atomic E-state index is -1.04. The standard InChI is InChI=1S/C8H15NO4/c1-6(2)5-9(13)7(10)3-4-8(11)12/h6,13H,3-5H2,1-2H3,(H,11,12). The highest BCUT2D eigenvalue weighted by molar-refractivity contribution is 5.79. The van der Waals surface area contributed by atoms with Crippen LogP contribution in [0, 0.1) is 5.92 Å². The Morgan fingerprint density at radius 3 is 2.23 bits per heavy atom. The molecule has 1 amide bonds. The number of nitrogens with zero attached hydrogens (tertiary/aromatic N) is 1. The average molecular weight is 189 g/mol. The lowest BCUT2D eigenvalue weighted by atomic mass is 10.2. The molecule has 0 spiro atoms. The maximum atomic E-state index is 11.0. The zero-order valence-electron chi connectivity index (χ0n) is 7.86. The van der Waals surface area contributed by atoms with Crippen molar-refractivity contribution in [1.29, 1.82) is 0 Å². The Bertz CT molecular complexity index is 191. The molecular weight excluding hydrogens is 174 g/mol. The van der Waals surface area contributed by atoms with Gasteiger partial charge in [-0.05, 0) is 5.92 Å². The van der Waals surface area contributed by atoms with Crippen molar-refractivity contribution < 1.29 is 19.9 Å². The number of carboxylic acids is 1. The molecule has 0 heterocycles. The van der Waals surface area contributed by atoms with Gasteiger partial charge in [0.1, 0.15) is 0 Å². The number of rotatable bonds is 5. The van der Waals surface area contributed by atoms with Crippen molar-refractivity contribution >= 4 is 11.9 Å². The number of hydrogen-bond donors (Lipinski definition) is 2. The number of carboxylic acid groups (broad SMARTS) is 1. The van der Waals surface area contributed by atoms with E-state index in [9.17, 15) is 9.59 Å². The van der Waals surface area contributed by atoms with Crippen LogP contribution in [0.3, 0.4) is 0 Å². The Hall–Kier alpha value is -1.10. The Balaban J connectivity index is 3.76. The molecule has 0 aliphatic rings. The number of hydrogen-bond acceptors (Lipinski definition) is 3. The summed E-state index contributed by atoms with van der Waals surface area (Å²) in [6.07, 6.45) is -0.396. The van der Waals surface area contributed by atoms with Crippen LogP contribution < -0.4 is 0 Å². The Labute approximate surface area is 76.9 Å². The molecule has 0 fully saturated rings. The third-order valence-electron chi connectivity index (χ3n) is 1.38. The largest absolute Gasteiger partial charge is 0.481 e.